The summed E-state index contributed by atoms with van der Waals surface area (Å²) in [4.78, 5) is 0. The molecule has 9 heavy (non-hydrogen) atoms. The molecule has 1 aliphatic heterocycles. The summed E-state index contributed by atoms with van der Waals surface area (Å²) in [5.74, 6) is 0. The molecule has 1 saturated heterocycles. The number of aliphatic hydroxyl groups excluding tert-OH is 1. The van der Waals surface area contributed by atoms with E-state index in [1.165, 1.54) is 0 Å². The number of hydrogen-bond donors (Lipinski definition) is 1. The highest BCUT2D eigenvalue weighted by atomic mass is 16.5. The lowest BCUT2D eigenvalue weighted by Gasteiger charge is -2.34. The zero-order valence-corrected chi connectivity index (χ0v) is 5.13. The van der Waals surface area contributed by atoms with Crippen molar-refractivity contribution in [3.63, 3.8) is 0 Å². The van der Waals surface area contributed by atoms with Crippen molar-refractivity contribution in [2.75, 3.05) is 19.8 Å². The van der Waals surface area contributed by atoms with Gasteiger partial charge >= 0.3 is 0 Å². The Kier molecular flexibility index (Phi) is 1.70. The first kappa shape index (κ1) is 6.53. The summed E-state index contributed by atoms with van der Waals surface area (Å²) in [6.07, 6.45) is 0.545. The Morgan fingerprint density at radius 3 is 2.44 bits per heavy atom. The lowest BCUT2D eigenvalue weighted by atomic mass is 9.85. The van der Waals surface area contributed by atoms with Crippen LogP contribution in [0.4, 0.5) is 0 Å². The van der Waals surface area contributed by atoms with Crippen LogP contribution in [0.3, 0.4) is 0 Å². The molecule has 0 bridgehead atoms. The van der Waals surface area contributed by atoms with Gasteiger partial charge in [-0.25, -0.2) is 0 Å². The van der Waals surface area contributed by atoms with Crippen molar-refractivity contribution in [3.8, 4) is 6.07 Å². The summed E-state index contributed by atoms with van der Waals surface area (Å²) >= 11 is 0. The molecule has 0 aromatic heterocycles. The Bertz CT molecular complexity index is 134. The van der Waals surface area contributed by atoms with Crippen LogP contribution in [0, 0.1) is 16.7 Å². The number of nitriles is 1. The lowest BCUT2D eigenvalue weighted by molar-refractivity contribution is -0.0868. The van der Waals surface area contributed by atoms with Crippen LogP contribution in [0.1, 0.15) is 6.42 Å². The average Bonchev–Trinajstić information content (AvgIpc) is 1.79. The Morgan fingerprint density at radius 2 is 2.33 bits per heavy atom. The second-order valence-electron chi connectivity index (χ2n) is 2.36. The highest BCUT2D eigenvalue weighted by molar-refractivity contribution is 5.03. The van der Waals surface area contributed by atoms with E-state index in [1.807, 2.05) is 0 Å². The largest absolute Gasteiger partial charge is 0.396 e. The Balaban J connectivity index is 2.40. The van der Waals surface area contributed by atoms with Crippen LogP contribution >= 0.6 is 0 Å². The van der Waals surface area contributed by atoms with E-state index in [-0.39, 0.29) is 12.0 Å². The van der Waals surface area contributed by atoms with Crippen LogP contribution < -0.4 is 0 Å². The number of rotatable bonds is 2. The van der Waals surface area contributed by atoms with E-state index >= 15 is 0 Å². The normalized spacial score (nSPS) is 22.2. The molecule has 0 radical (unpaired) electrons. The average molecular weight is 127 g/mol. The fourth-order valence-electron chi connectivity index (χ4n) is 0.827. The third kappa shape index (κ3) is 1.04. The highest BCUT2D eigenvalue weighted by Crippen LogP contribution is 2.29. The standard InChI is InChI=1S/C6H9NO2/c7-3-6(1-2-8)4-9-5-6/h8H,1-2,4-5H2. The minimum atomic E-state index is -0.352. The van der Waals surface area contributed by atoms with Crippen molar-refractivity contribution in [1.82, 2.24) is 0 Å². The van der Waals surface area contributed by atoms with Crippen LogP contribution in [0.5, 0.6) is 0 Å². The van der Waals surface area contributed by atoms with E-state index in [2.05, 4.69) is 6.07 Å². The third-order valence-corrected chi connectivity index (χ3v) is 1.58. The van der Waals surface area contributed by atoms with Gasteiger partial charge in [-0.1, -0.05) is 0 Å². The molecule has 0 amide bonds. The first-order chi connectivity index (χ1) is 4.33. The van der Waals surface area contributed by atoms with Crippen LogP contribution in [0.2, 0.25) is 0 Å². The summed E-state index contributed by atoms with van der Waals surface area (Å²) in [7, 11) is 0. The molecule has 0 unspecified atom stereocenters. The van der Waals surface area contributed by atoms with Gasteiger partial charge in [-0.3, -0.25) is 0 Å². The SMILES string of the molecule is N#CC1(CCO)COC1. The van der Waals surface area contributed by atoms with Gasteiger partial charge in [0.1, 0.15) is 5.41 Å². The van der Waals surface area contributed by atoms with Crippen molar-refractivity contribution in [2.45, 2.75) is 6.42 Å². The maximum atomic E-state index is 8.53. The van der Waals surface area contributed by atoms with Crippen molar-refractivity contribution in [2.24, 2.45) is 5.41 Å². The molecule has 0 aromatic carbocycles. The fraction of sp³-hybridized carbons (Fsp3) is 0.833. The maximum Gasteiger partial charge on any atom is 0.106 e. The maximum absolute atomic E-state index is 8.53. The van der Waals surface area contributed by atoms with Gasteiger partial charge in [0.05, 0.1) is 19.3 Å². The quantitative estimate of drug-likeness (QED) is 0.564. The number of ether oxygens (including phenoxy) is 1. The van der Waals surface area contributed by atoms with Crippen LogP contribution in [0.25, 0.3) is 0 Å². The summed E-state index contributed by atoms with van der Waals surface area (Å²) in [5.41, 5.74) is -0.352. The molecule has 3 nitrogen and oxygen atoms in total. The summed E-state index contributed by atoms with van der Waals surface area (Å²) in [5, 5.41) is 17.0. The summed E-state index contributed by atoms with van der Waals surface area (Å²) in [6.45, 7) is 1.06. The fourth-order valence-corrected chi connectivity index (χ4v) is 0.827. The van der Waals surface area contributed by atoms with Gasteiger partial charge in [-0.05, 0) is 6.42 Å². The van der Waals surface area contributed by atoms with E-state index in [0.29, 0.717) is 19.6 Å². The van der Waals surface area contributed by atoms with Crippen LogP contribution in [-0.2, 0) is 4.74 Å². The second kappa shape index (κ2) is 2.34. The zero-order valence-electron chi connectivity index (χ0n) is 5.13. The second-order valence-corrected chi connectivity index (χ2v) is 2.36. The Labute approximate surface area is 53.9 Å². The van der Waals surface area contributed by atoms with Crippen molar-refractivity contribution in [3.05, 3.63) is 0 Å². The summed E-state index contributed by atoms with van der Waals surface area (Å²) < 4.78 is 4.85. The van der Waals surface area contributed by atoms with Gasteiger partial charge in [0.2, 0.25) is 0 Å². The lowest BCUT2D eigenvalue weighted by Crippen LogP contribution is -2.41. The van der Waals surface area contributed by atoms with Crippen molar-refractivity contribution >= 4 is 0 Å². The smallest absolute Gasteiger partial charge is 0.106 e. The van der Waals surface area contributed by atoms with Crippen molar-refractivity contribution < 1.29 is 9.84 Å². The monoisotopic (exact) mass is 127 g/mol. The first-order valence-electron chi connectivity index (χ1n) is 2.93. The predicted molar refractivity (Wildman–Crippen MR) is 30.6 cm³/mol. The molecule has 50 valence electrons. The van der Waals surface area contributed by atoms with Gasteiger partial charge in [0, 0.05) is 6.61 Å². The number of aliphatic hydroxyl groups is 1. The molecule has 1 heterocycles. The molecule has 1 aliphatic rings. The topological polar surface area (TPSA) is 53.2 Å². The van der Waals surface area contributed by atoms with Crippen molar-refractivity contribution in [1.29, 1.82) is 5.26 Å². The Hall–Kier alpha value is -0.590. The van der Waals surface area contributed by atoms with Gasteiger partial charge < -0.3 is 9.84 Å². The number of nitrogens with zero attached hydrogens (tertiary/aromatic N) is 1. The first-order valence-corrected chi connectivity index (χ1v) is 2.93. The molecular weight excluding hydrogens is 118 g/mol. The van der Waals surface area contributed by atoms with Gasteiger partial charge in [0.25, 0.3) is 0 Å². The third-order valence-electron chi connectivity index (χ3n) is 1.58. The van der Waals surface area contributed by atoms with E-state index in [1.54, 1.807) is 0 Å². The molecule has 0 aliphatic carbocycles. The van der Waals surface area contributed by atoms with Gasteiger partial charge in [0.15, 0.2) is 0 Å². The molecular formula is C6H9NO2. The van der Waals surface area contributed by atoms with E-state index < -0.39 is 0 Å². The zero-order chi connectivity index (χ0) is 6.74. The highest BCUT2D eigenvalue weighted by Gasteiger charge is 2.37. The Morgan fingerprint density at radius 1 is 1.67 bits per heavy atom. The molecule has 0 spiro atoms. The molecule has 3 heteroatoms. The number of hydrogen-bond acceptors (Lipinski definition) is 3. The molecule has 1 N–H and O–H groups in total. The molecule has 1 fully saturated rings. The van der Waals surface area contributed by atoms with Gasteiger partial charge in [-0.15, -0.1) is 0 Å². The van der Waals surface area contributed by atoms with Crippen LogP contribution in [-0.4, -0.2) is 24.9 Å². The summed E-state index contributed by atoms with van der Waals surface area (Å²) in [6, 6.07) is 2.13. The van der Waals surface area contributed by atoms with E-state index in [0.717, 1.165) is 0 Å². The minimum Gasteiger partial charge on any atom is -0.396 e. The molecule has 0 atom stereocenters. The van der Waals surface area contributed by atoms with E-state index in [4.69, 9.17) is 15.1 Å². The molecule has 1 rings (SSSR count). The van der Waals surface area contributed by atoms with E-state index in [9.17, 15) is 0 Å². The molecule has 0 aromatic rings. The van der Waals surface area contributed by atoms with Crippen LogP contribution in [0.15, 0.2) is 0 Å². The predicted octanol–water partition coefficient (Wildman–Crippen LogP) is -0.0910. The van der Waals surface area contributed by atoms with Gasteiger partial charge in [-0.2, -0.15) is 5.26 Å². The molecule has 0 saturated carbocycles. The minimum absolute atomic E-state index is 0.0803.